The molecule has 1 unspecified atom stereocenters. The molecule has 4 heteroatoms. The average molecular weight is 254 g/mol. The quantitative estimate of drug-likeness (QED) is 0.762. The van der Waals surface area contributed by atoms with Gasteiger partial charge in [-0.05, 0) is 40.4 Å². The predicted octanol–water partition coefficient (Wildman–Crippen LogP) is 0.308. The van der Waals surface area contributed by atoms with Gasteiger partial charge in [0.2, 0.25) is 0 Å². The van der Waals surface area contributed by atoms with Gasteiger partial charge in [-0.2, -0.15) is 0 Å². The van der Waals surface area contributed by atoms with E-state index < -0.39 is 0 Å². The molecular weight excluding hydrogens is 224 g/mol. The number of hydrogen-bond acceptors (Lipinski definition) is 4. The molecule has 2 rings (SSSR count). The van der Waals surface area contributed by atoms with Gasteiger partial charge < -0.3 is 10.2 Å². The predicted molar refractivity (Wildman–Crippen MR) is 77.1 cm³/mol. The Morgan fingerprint density at radius 2 is 1.78 bits per heavy atom. The highest BCUT2D eigenvalue weighted by atomic mass is 15.3. The zero-order valence-corrected chi connectivity index (χ0v) is 12.4. The van der Waals surface area contributed by atoms with Crippen LogP contribution in [0.4, 0.5) is 0 Å². The normalized spacial score (nSPS) is 31.3. The molecule has 2 fully saturated rings. The molecular formula is C14H30N4. The van der Waals surface area contributed by atoms with Crippen LogP contribution >= 0.6 is 0 Å². The van der Waals surface area contributed by atoms with Crippen molar-refractivity contribution in [2.75, 3.05) is 66.5 Å². The Morgan fingerprint density at radius 1 is 1.11 bits per heavy atom. The zero-order chi connectivity index (χ0) is 13.0. The third kappa shape index (κ3) is 4.19. The van der Waals surface area contributed by atoms with E-state index in [0.29, 0.717) is 5.54 Å². The van der Waals surface area contributed by atoms with Crippen molar-refractivity contribution in [2.24, 2.45) is 0 Å². The minimum absolute atomic E-state index is 0.381. The first-order chi connectivity index (χ1) is 8.57. The van der Waals surface area contributed by atoms with Crippen LogP contribution in [0.5, 0.6) is 0 Å². The number of rotatable bonds is 5. The molecule has 4 nitrogen and oxygen atoms in total. The largest absolute Gasteiger partial charge is 0.310 e. The highest BCUT2D eigenvalue weighted by molar-refractivity contribution is 4.92. The van der Waals surface area contributed by atoms with Crippen molar-refractivity contribution in [3.8, 4) is 0 Å². The van der Waals surface area contributed by atoms with Crippen LogP contribution in [0.15, 0.2) is 0 Å². The third-order valence-corrected chi connectivity index (χ3v) is 4.36. The Kier molecular flexibility index (Phi) is 5.01. The fraction of sp³-hybridized carbons (Fsp3) is 1.00. The van der Waals surface area contributed by atoms with Gasteiger partial charge in [-0.3, -0.25) is 9.80 Å². The minimum Gasteiger partial charge on any atom is -0.310 e. The second-order valence-corrected chi connectivity index (χ2v) is 6.51. The first-order valence-electron chi connectivity index (χ1n) is 7.42. The van der Waals surface area contributed by atoms with E-state index in [1.807, 2.05) is 0 Å². The molecule has 2 aliphatic heterocycles. The van der Waals surface area contributed by atoms with Crippen LogP contribution in [0.3, 0.4) is 0 Å². The zero-order valence-electron chi connectivity index (χ0n) is 12.4. The van der Waals surface area contributed by atoms with E-state index >= 15 is 0 Å². The lowest BCUT2D eigenvalue weighted by atomic mass is 9.99. The molecule has 0 spiro atoms. The van der Waals surface area contributed by atoms with Gasteiger partial charge >= 0.3 is 0 Å². The molecule has 0 aromatic rings. The first-order valence-corrected chi connectivity index (χ1v) is 7.42. The number of nitrogens with zero attached hydrogens (tertiary/aromatic N) is 3. The summed E-state index contributed by atoms with van der Waals surface area (Å²) >= 11 is 0. The summed E-state index contributed by atoms with van der Waals surface area (Å²) in [4.78, 5) is 7.52. The second kappa shape index (κ2) is 6.33. The maximum atomic E-state index is 3.67. The first kappa shape index (κ1) is 14.3. The fourth-order valence-electron chi connectivity index (χ4n) is 3.10. The van der Waals surface area contributed by atoms with E-state index in [2.05, 4.69) is 41.0 Å². The Labute approximate surface area is 112 Å². The number of nitrogens with one attached hydrogen (secondary N) is 1. The highest BCUT2D eigenvalue weighted by Gasteiger charge is 2.31. The minimum atomic E-state index is 0.381. The Hall–Kier alpha value is -0.160. The molecule has 0 radical (unpaired) electrons. The summed E-state index contributed by atoms with van der Waals surface area (Å²) in [6.07, 6.45) is 2.69. The maximum absolute atomic E-state index is 3.67. The van der Waals surface area contributed by atoms with Crippen LogP contribution in [0.2, 0.25) is 0 Å². The summed E-state index contributed by atoms with van der Waals surface area (Å²) in [7, 11) is 4.31. The van der Waals surface area contributed by atoms with Crippen LogP contribution in [0, 0.1) is 0 Å². The summed E-state index contributed by atoms with van der Waals surface area (Å²) in [5.41, 5.74) is 0.381. The van der Waals surface area contributed by atoms with Gasteiger partial charge in [0.15, 0.2) is 0 Å². The topological polar surface area (TPSA) is 21.8 Å². The molecule has 106 valence electrons. The van der Waals surface area contributed by atoms with E-state index in [1.54, 1.807) is 0 Å². The Bertz CT molecular complexity index is 240. The van der Waals surface area contributed by atoms with Gasteiger partial charge in [0.25, 0.3) is 0 Å². The van der Waals surface area contributed by atoms with Crippen LogP contribution in [0.1, 0.15) is 19.8 Å². The van der Waals surface area contributed by atoms with Gasteiger partial charge in [-0.1, -0.05) is 0 Å². The fourth-order valence-corrected chi connectivity index (χ4v) is 3.10. The molecule has 18 heavy (non-hydrogen) atoms. The van der Waals surface area contributed by atoms with E-state index in [9.17, 15) is 0 Å². The smallest absolute Gasteiger partial charge is 0.0280 e. The molecule has 1 N–H and O–H groups in total. The van der Waals surface area contributed by atoms with Crippen molar-refractivity contribution < 1.29 is 0 Å². The van der Waals surface area contributed by atoms with Crippen molar-refractivity contribution in [1.29, 1.82) is 0 Å². The highest BCUT2D eigenvalue weighted by Crippen LogP contribution is 2.20. The Balaban J connectivity index is 1.67. The number of hydrogen-bond donors (Lipinski definition) is 1. The van der Waals surface area contributed by atoms with E-state index in [-0.39, 0.29) is 0 Å². The second-order valence-electron chi connectivity index (χ2n) is 6.51. The summed E-state index contributed by atoms with van der Waals surface area (Å²) in [5, 5.41) is 3.67. The Morgan fingerprint density at radius 3 is 2.33 bits per heavy atom. The van der Waals surface area contributed by atoms with Crippen LogP contribution in [-0.4, -0.2) is 86.7 Å². The number of likely N-dealkylation sites (N-methyl/N-ethyl adjacent to an activating group) is 1. The molecule has 0 amide bonds. The lowest BCUT2D eigenvalue weighted by Crippen LogP contribution is -2.54. The van der Waals surface area contributed by atoms with Crippen molar-refractivity contribution >= 4 is 0 Å². The van der Waals surface area contributed by atoms with Crippen LogP contribution in [-0.2, 0) is 0 Å². The van der Waals surface area contributed by atoms with Crippen LogP contribution in [0.25, 0.3) is 0 Å². The molecule has 0 bridgehead atoms. The average Bonchev–Trinajstić information content (AvgIpc) is 2.75. The molecule has 0 saturated carbocycles. The summed E-state index contributed by atoms with van der Waals surface area (Å²) in [6.45, 7) is 12.2. The van der Waals surface area contributed by atoms with Crippen LogP contribution < -0.4 is 5.32 Å². The number of piperazine rings is 1. The van der Waals surface area contributed by atoms with E-state index in [4.69, 9.17) is 0 Å². The molecule has 2 heterocycles. The maximum Gasteiger partial charge on any atom is 0.0280 e. The molecule has 0 aromatic carbocycles. The van der Waals surface area contributed by atoms with Gasteiger partial charge in [-0.15, -0.1) is 0 Å². The van der Waals surface area contributed by atoms with E-state index in [1.165, 1.54) is 65.2 Å². The van der Waals surface area contributed by atoms with Crippen molar-refractivity contribution in [2.45, 2.75) is 25.3 Å². The van der Waals surface area contributed by atoms with Gasteiger partial charge in [-0.25, -0.2) is 0 Å². The summed E-state index contributed by atoms with van der Waals surface area (Å²) in [5.74, 6) is 0. The van der Waals surface area contributed by atoms with E-state index in [0.717, 1.165) is 0 Å². The molecule has 2 saturated heterocycles. The van der Waals surface area contributed by atoms with Gasteiger partial charge in [0, 0.05) is 51.4 Å². The summed E-state index contributed by atoms with van der Waals surface area (Å²) < 4.78 is 0. The van der Waals surface area contributed by atoms with Gasteiger partial charge in [0.05, 0.1) is 0 Å². The van der Waals surface area contributed by atoms with Crippen molar-refractivity contribution in [3.63, 3.8) is 0 Å². The van der Waals surface area contributed by atoms with Gasteiger partial charge in [0.1, 0.15) is 0 Å². The third-order valence-electron chi connectivity index (χ3n) is 4.36. The van der Waals surface area contributed by atoms with Crippen molar-refractivity contribution in [3.05, 3.63) is 0 Å². The standard InChI is InChI=1S/C14H30N4/c1-14(5-4-6-15-14)13-18-11-9-17(10-12-18)8-7-16(2)3/h15H,4-13H2,1-3H3. The molecule has 2 aliphatic rings. The monoisotopic (exact) mass is 254 g/mol. The lowest BCUT2D eigenvalue weighted by molar-refractivity contribution is 0.104. The molecule has 1 atom stereocenters. The molecule has 0 aromatic heterocycles. The lowest BCUT2D eigenvalue weighted by Gasteiger charge is -2.39. The molecule has 0 aliphatic carbocycles. The summed E-state index contributed by atoms with van der Waals surface area (Å²) in [6, 6.07) is 0. The van der Waals surface area contributed by atoms with Crippen molar-refractivity contribution in [1.82, 2.24) is 20.0 Å². The SMILES string of the molecule is CN(C)CCN1CCN(CC2(C)CCCN2)CC1.